The van der Waals surface area contributed by atoms with Crippen molar-refractivity contribution in [1.82, 2.24) is 15.1 Å². The van der Waals surface area contributed by atoms with Crippen molar-refractivity contribution in [1.29, 1.82) is 0 Å². The number of aromatic amines is 1. The molecular weight excluding hydrogens is 350 g/mol. The maximum absolute atomic E-state index is 11.7. The summed E-state index contributed by atoms with van der Waals surface area (Å²) in [6.45, 7) is 3.85. The summed E-state index contributed by atoms with van der Waals surface area (Å²) in [6.07, 6.45) is 5.67. The van der Waals surface area contributed by atoms with Gasteiger partial charge in [0.25, 0.3) is 0 Å². The number of nitrogens with zero attached hydrogens (tertiary/aromatic N) is 2. The summed E-state index contributed by atoms with van der Waals surface area (Å²) in [6, 6.07) is 2.13. The second-order valence-corrected chi connectivity index (χ2v) is 8.60. The number of methoxy groups -OCH3 is 1. The highest BCUT2D eigenvalue weighted by atomic mass is 32.2. The van der Waals surface area contributed by atoms with Crippen LogP contribution in [0.5, 0.6) is 0 Å². The molecule has 4 heterocycles. The van der Waals surface area contributed by atoms with E-state index in [4.69, 9.17) is 9.26 Å². The first-order valence-electron chi connectivity index (χ1n) is 8.86. The predicted octanol–water partition coefficient (Wildman–Crippen LogP) is 3.68. The lowest BCUT2D eigenvalue weighted by molar-refractivity contribution is 0.0480. The molecule has 0 radical (unpaired) electrons. The highest BCUT2D eigenvalue weighted by Gasteiger charge is 2.31. The molecule has 1 N–H and O–H groups in total. The van der Waals surface area contributed by atoms with Crippen LogP contribution in [0.25, 0.3) is 22.2 Å². The molecule has 0 saturated carbocycles. The number of aryl methyl sites for hydroxylation is 2. The van der Waals surface area contributed by atoms with Crippen molar-refractivity contribution < 1.29 is 13.8 Å². The number of pyridine rings is 1. The molecule has 3 aromatic rings. The van der Waals surface area contributed by atoms with Crippen LogP contribution in [0.3, 0.4) is 0 Å². The topological polar surface area (TPSA) is 87.0 Å². The van der Waals surface area contributed by atoms with E-state index in [0.29, 0.717) is 5.92 Å². The Morgan fingerprint density at radius 2 is 2.12 bits per heavy atom. The molecule has 1 atom stereocenters. The number of hydrogen-bond acceptors (Lipinski definition) is 5. The van der Waals surface area contributed by atoms with Gasteiger partial charge in [-0.05, 0) is 38.7 Å². The van der Waals surface area contributed by atoms with Gasteiger partial charge >= 0.3 is 0 Å². The Morgan fingerprint density at radius 1 is 1.35 bits per heavy atom. The van der Waals surface area contributed by atoms with Crippen molar-refractivity contribution in [3.63, 3.8) is 0 Å². The number of nitrogens with one attached hydrogen (secondary N) is 1. The smallest absolute Gasteiger partial charge is 0.141 e. The van der Waals surface area contributed by atoms with E-state index in [-0.39, 0.29) is 6.10 Å². The Morgan fingerprint density at radius 3 is 2.77 bits per heavy atom. The summed E-state index contributed by atoms with van der Waals surface area (Å²) in [5, 5.41) is 5.11. The molecule has 138 valence electrons. The Balaban J connectivity index is 1.74. The van der Waals surface area contributed by atoms with Gasteiger partial charge in [-0.15, -0.1) is 0 Å². The Bertz CT molecular complexity index is 893. The van der Waals surface area contributed by atoms with Crippen LogP contribution in [-0.2, 0) is 15.9 Å². The van der Waals surface area contributed by atoms with Gasteiger partial charge in [-0.2, -0.15) is 0 Å². The molecule has 3 aromatic heterocycles. The molecule has 4 rings (SSSR count). The number of aromatic nitrogens is 3. The van der Waals surface area contributed by atoms with Crippen LogP contribution in [0.15, 0.2) is 23.0 Å². The maximum atomic E-state index is 11.7. The monoisotopic (exact) mass is 373 g/mol. The average Bonchev–Trinajstić information content (AvgIpc) is 3.20. The summed E-state index contributed by atoms with van der Waals surface area (Å²) in [5.74, 6) is 2.68. The molecular formula is C19H23N3O3S. The predicted molar refractivity (Wildman–Crippen MR) is 101 cm³/mol. The first-order valence-corrected chi connectivity index (χ1v) is 10.3. The normalized spacial score (nSPS) is 22.0. The lowest BCUT2D eigenvalue weighted by Gasteiger charge is -2.30. The lowest BCUT2D eigenvalue weighted by atomic mass is 9.90. The Labute approximate surface area is 155 Å². The molecule has 7 heteroatoms. The highest BCUT2D eigenvalue weighted by Crippen LogP contribution is 2.38. The van der Waals surface area contributed by atoms with Crippen molar-refractivity contribution in [2.24, 2.45) is 5.92 Å². The number of ether oxygens (including phenoxy) is 1. The molecule has 0 bridgehead atoms. The summed E-state index contributed by atoms with van der Waals surface area (Å²) in [7, 11) is 1.75. The number of rotatable bonds is 4. The van der Waals surface area contributed by atoms with Crippen molar-refractivity contribution in [2.75, 3.05) is 18.6 Å². The SMILES string of the molecule is COC(c1c[nH]c2ncc(-c3c(C)noc3C)cc12)C1CC[S+]([O-])CC1. The van der Waals surface area contributed by atoms with E-state index in [2.05, 4.69) is 21.2 Å². The first-order chi connectivity index (χ1) is 12.6. The van der Waals surface area contributed by atoms with Crippen molar-refractivity contribution in [3.8, 4) is 11.1 Å². The molecule has 1 fully saturated rings. The molecule has 6 nitrogen and oxygen atoms in total. The maximum Gasteiger partial charge on any atom is 0.141 e. The molecule has 26 heavy (non-hydrogen) atoms. The standard InChI is InChI=1S/C19H23N3O3S/c1-11-17(12(2)25-22-11)14-8-15-16(10-21-19(15)20-9-14)18(24-3)13-4-6-26(23)7-5-13/h8-10,13,18H,4-7H2,1-3H3,(H,20,21). The van der Waals surface area contributed by atoms with Crippen molar-refractivity contribution in [3.05, 3.63) is 35.5 Å². The minimum atomic E-state index is -0.676. The van der Waals surface area contributed by atoms with Gasteiger partial charge in [0.2, 0.25) is 0 Å². The fourth-order valence-electron chi connectivity index (χ4n) is 3.98. The minimum Gasteiger partial charge on any atom is -0.616 e. The number of fused-ring (bicyclic) bond motifs is 1. The van der Waals surface area contributed by atoms with Gasteiger partial charge in [-0.1, -0.05) is 16.3 Å². The van der Waals surface area contributed by atoms with E-state index in [0.717, 1.165) is 63.5 Å². The highest BCUT2D eigenvalue weighted by molar-refractivity contribution is 7.91. The van der Waals surface area contributed by atoms with Crippen molar-refractivity contribution >= 4 is 22.2 Å². The quantitative estimate of drug-likeness (QED) is 0.705. The zero-order chi connectivity index (χ0) is 18.3. The molecule has 0 aliphatic carbocycles. The molecule has 1 aliphatic heterocycles. The van der Waals surface area contributed by atoms with Gasteiger partial charge in [0.15, 0.2) is 0 Å². The molecule has 0 amide bonds. The minimum absolute atomic E-state index is 0.0252. The molecule has 1 aliphatic rings. The Hall–Kier alpha value is -1.83. The first kappa shape index (κ1) is 17.6. The van der Waals surface area contributed by atoms with Crippen LogP contribution < -0.4 is 0 Å². The average molecular weight is 373 g/mol. The zero-order valence-electron chi connectivity index (χ0n) is 15.2. The number of hydrogen-bond donors (Lipinski definition) is 1. The molecule has 0 spiro atoms. The molecule has 1 unspecified atom stereocenters. The third kappa shape index (κ3) is 3.04. The second-order valence-electron chi connectivity index (χ2n) is 6.91. The van der Waals surface area contributed by atoms with Crippen LogP contribution in [-0.4, -0.2) is 38.3 Å². The van der Waals surface area contributed by atoms with Crippen LogP contribution >= 0.6 is 0 Å². The molecule has 1 saturated heterocycles. The zero-order valence-corrected chi connectivity index (χ0v) is 16.1. The van der Waals surface area contributed by atoms with Gasteiger partial charge in [0.05, 0.1) is 11.8 Å². The fraction of sp³-hybridized carbons (Fsp3) is 0.474. The summed E-state index contributed by atoms with van der Waals surface area (Å²) in [5.41, 5.74) is 4.81. The van der Waals surface area contributed by atoms with E-state index < -0.39 is 11.2 Å². The van der Waals surface area contributed by atoms with Gasteiger partial charge in [-0.25, -0.2) is 4.98 Å². The van der Waals surface area contributed by atoms with Crippen LogP contribution in [0.4, 0.5) is 0 Å². The summed E-state index contributed by atoms with van der Waals surface area (Å²) in [4.78, 5) is 7.85. The van der Waals surface area contributed by atoms with E-state index in [9.17, 15) is 4.55 Å². The van der Waals surface area contributed by atoms with E-state index in [1.165, 1.54) is 0 Å². The Kier molecular flexibility index (Phi) is 4.77. The van der Waals surface area contributed by atoms with Gasteiger partial charge in [0.1, 0.15) is 22.9 Å². The van der Waals surface area contributed by atoms with E-state index in [1.54, 1.807) is 7.11 Å². The lowest BCUT2D eigenvalue weighted by Crippen LogP contribution is -2.28. The van der Waals surface area contributed by atoms with Gasteiger partial charge in [-0.3, -0.25) is 0 Å². The third-order valence-electron chi connectivity index (χ3n) is 5.31. The van der Waals surface area contributed by atoms with Gasteiger partial charge in [0, 0.05) is 41.6 Å². The van der Waals surface area contributed by atoms with Crippen LogP contribution in [0.2, 0.25) is 0 Å². The number of H-pyrrole nitrogens is 1. The fourth-order valence-corrected chi connectivity index (χ4v) is 5.31. The summed E-state index contributed by atoms with van der Waals surface area (Å²) >= 11 is -0.676. The van der Waals surface area contributed by atoms with Crippen LogP contribution in [0.1, 0.15) is 36.0 Å². The van der Waals surface area contributed by atoms with Crippen LogP contribution in [0, 0.1) is 19.8 Å². The largest absolute Gasteiger partial charge is 0.616 e. The summed E-state index contributed by atoms with van der Waals surface area (Å²) < 4.78 is 22.9. The third-order valence-corrected chi connectivity index (χ3v) is 6.69. The second kappa shape index (κ2) is 7.06. The van der Waals surface area contributed by atoms with E-state index >= 15 is 0 Å². The molecule has 0 aromatic carbocycles. The van der Waals surface area contributed by atoms with Crippen molar-refractivity contribution in [2.45, 2.75) is 32.8 Å². The van der Waals surface area contributed by atoms with E-state index in [1.807, 2.05) is 26.2 Å². The van der Waals surface area contributed by atoms with Gasteiger partial charge < -0.3 is 18.8 Å².